The second-order valence-electron chi connectivity index (χ2n) is 5.33. The molecule has 26 heavy (non-hydrogen) atoms. The molecule has 0 bridgehead atoms. The summed E-state index contributed by atoms with van der Waals surface area (Å²) >= 11 is 0. The number of benzene rings is 1. The molecule has 1 aliphatic rings. The Bertz CT molecular complexity index is 607. The highest BCUT2D eigenvalue weighted by atomic mass is 16.3. The van der Waals surface area contributed by atoms with Gasteiger partial charge in [0, 0.05) is 17.6 Å². The summed E-state index contributed by atoms with van der Waals surface area (Å²) in [4.78, 5) is 0. The van der Waals surface area contributed by atoms with Gasteiger partial charge in [-0.2, -0.15) is 0 Å². The standard InChI is InChI=1S/C19H22O2.2C2H6.CH4/c1-3-5-7-15-9-11-19(21)17(13-15)16-12-14(6-4-2)8-10-18(16)20;2*1-2;/h3-4,9,11-13,20-21H,1-2,5-8,10H2;2*1-2H3;1H4. The number of aliphatic hydroxyl groups is 1. The van der Waals surface area contributed by atoms with Crippen LogP contribution in [-0.4, -0.2) is 10.2 Å². The Kier molecular flexibility index (Phi) is 15.1. The molecule has 0 saturated carbocycles. The predicted molar refractivity (Wildman–Crippen MR) is 118 cm³/mol. The first-order valence-corrected chi connectivity index (χ1v) is 9.31. The average Bonchev–Trinajstić information content (AvgIpc) is 2.66. The molecule has 146 valence electrons. The Morgan fingerprint density at radius 2 is 1.65 bits per heavy atom. The Morgan fingerprint density at radius 1 is 1.00 bits per heavy atom. The smallest absolute Gasteiger partial charge is 0.123 e. The molecule has 0 aliphatic heterocycles. The molecule has 0 unspecified atom stereocenters. The number of hydrogen-bond acceptors (Lipinski definition) is 2. The Hall–Kier alpha value is -2.22. The van der Waals surface area contributed by atoms with Gasteiger partial charge in [-0.25, -0.2) is 0 Å². The summed E-state index contributed by atoms with van der Waals surface area (Å²) in [7, 11) is 0. The van der Waals surface area contributed by atoms with Crippen molar-refractivity contribution in [3.8, 4) is 5.75 Å². The molecule has 2 rings (SSSR count). The quantitative estimate of drug-likeness (QED) is 0.510. The number of aliphatic hydroxyl groups excluding tert-OH is 1. The van der Waals surface area contributed by atoms with E-state index in [-0.39, 0.29) is 13.2 Å². The first-order chi connectivity index (χ1) is 12.2. The average molecular weight is 359 g/mol. The molecule has 0 heterocycles. The summed E-state index contributed by atoms with van der Waals surface area (Å²) in [6, 6.07) is 5.57. The molecule has 2 nitrogen and oxygen atoms in total. The van der Waals surface area contributed by atoms with Crippen LogP contribution in [0.2, 0.25) is 0 Å². The second-order valence-corrected chi connectivity index (χ2v) is 5.33. The Labute approximate surface area is 161 Å². The third kappa shape index (κ3) is 7.77. The number of hydrogen-bond donors (Lipinski definition) is 2. The molecule has 0 amide bonds. The van der Waals surface area contributed by atoms with Crippen molar-refractivity contribution in [3.05, 3.63) is 72.0 Å². The van der Waals surface area contributed by atoms with Crippen LogP contribution in [0.15, 0.2) is 60.9 Å². The van der Waals surface area contributed by atoms with Crippen LogP contribution in [0.25, 0.3) is 5.57 Å². The molecule has 1 aromatic rings. The van der Waals surface area contributed by atoms with Gasteiger partial charge in [0.25, 0.3) is 0 Å². The van der Waals surface area contributed by atoms with E-state index in [0.717, 1.165) is 36.8 Å². The van der Waals surface area contributed by atoms with E-state index in [1.54, 1.807) is 6.07 Å². The fraction of sp³-hybridized carbons (Fsp3) is 0.417. The highest BCUT2D eigenvalue weighted by molar-refractivity contribution is 5.80. The van der Waals surface area contributed by atoms with Gasteiger partial charge in [0.2, 0.25) is 0 Å². The summed E-state index contributed by atoms with van der Waals surface area (Å²) < 4.78 is 0. The van der Waals surface area contributed by atoms with E-state index < -0.39 is 0 Å². The number of phenols is 1. The minimum atomic E-state index is 0. The zero-order chi connectivity index (χ0) is 19.2. The van der Waals surface area contributed by atoms with Gasteiger partial charge in [0.15, 0.2) is 0 Å². The number of rotatable bonds is 6. The van der Waals surface area contributed by atoms with Gasteiger partial charge in [0.1, 0.15) is 11.5 Å². The van der Waals surface area contributed by atoms with Gasteiger partial charge in [0.05, 0.1) is 0 Å². The van der Waals surface area contributed by atoms with Crippen LogP contribution in [0, 0.1) is 0 Å². The van der Waals surface area contributed by atoms with Crippen LogP contribution in [0.3, 0.4) is 0 Å². The lowest BCUT2D eigenvalue weighted by Crippen LogP contribution is -2.00. The van der Waals surface area contributed by atoms with Crippen LogP contribution in [-0.2, 0) is 6.42 Å². The lowest BCUT2D eigenvalue weighted by molar-refractivity contribution is 0.388. The van der Waals surface area contributed by atoms with Crippen LogP contribution >= 0.6 is 0 Å². The minimum absolute atomic E-state index is 0. The van der Waals surface area contributed by atoms with Gasteiger partial charge >= 0.3 is 0 Å². The van der Waals surface area contributed by atoms with Gasteiger partial charge in [-0.3, -0.25) is 0 Å². The highest BCUT2D eigenvalue weighted by Gasteiger charge is 2.16. The predicted octanol–water partition coefficient (Wildman–Crippen LogP) is 7.76. The summed E-state index contributed by atoms with van der Waals surface area (Å²) in [5.74, 6) is 0.550. The van der Waals surface area contributed by atoms with Gasteiger partial charge in [-0.1, -0.05) is 65.0 Å². The first kappa shape index (κ1) is 26.0. The van der Waals surface area contributed by atoms with E-state index in [1.165, 1.54) is 5.57 Å². The molecule has 0 spiro atoms. The van der Waals surface area contributed by atoms with E-state index in [9.17, 15) is 10.2 Å². The van der Waals surface area contributed by atoms with Crippen molar-refractivity contribution >= 4 is 5.57 Å². The van der Waals surface area contributed by atoms with E-state index in [0.29, 0.717) is 17.7 Å². The molecule has 0 saturated heterocycles. The van der Waals surface area contributed by atoms with Gasteiger partial charge < -0.3 is 10.2 Å². The number of allylic oxidation sites excluding steroid dienone is 6. The maximum atomic E-state index is 10.2. The third-order valence-electron chi connectivity index (χ3n) is 3.74. The molecular formula is C24H38O2. The molecule has 1 aliphatic carbocycles. The Morgan fingerprint density at radius 3 is 2.23 bits per heavy atom. The van der Waals surface area contributed by atoms with E-state index in [4.69, 9.17) is 0 Å². The largest absolute Gasteiger partial charge is 0.512 e. The lowest BCUT2D eigenvalue weighted by atomic mass is 9.90. The minimum Gasteiger partial charge on any atom is -0.512 e. The lowest BCUT2D eigenvalue weighted by Gasteiger charge is -2.17. The summed E-state index contributed by atoms with van der Waals surface area (Å²) in [5.41, 5.74) is 3.80. The fourth-order valence-electron chi connectivity index (χ4n) is 2.58. The summed E-state index contributed by atoms with van der Waals surface area (Å²) in [5, 5.41) is 20.3. The second kappa shape index (κ2) is 15.1. The van der Waals surface area contributed by atoms with E-state index >= 15 is 0 Å². The van der Waals surface area contributed by atoms with Crippen molar-refractivity contribution < 1.29 is 10.2 Å². The molecule has 1 aromatic carbocycles. The zero-order valence-electron chi connectivity index (χ0n) is 16.3. The van der Waals surface area contributed by atoms with Gasteiger partial charge in [-0.05, 0) is 43.4 Å². The van der Waals surface area contributed by atoms with Crippen molar-refractivity contribution in [2.45, 2.75) is 67.2 Å². The normalized spacial score (nSPS) is 12.4. The molecule has 0 fully saturated rings. The van der Waals surface area contributed by atoms with Crippen molar-refractivity contribution in [3.63, 3.8) is 0 Å². The van der Waals surface area contributed by atoms with Crippen molar-refractivity contribution in [2.75, 3.05) is 0 Å². The first-order valence-electron chi connectivity index (χ1n) is 9.31. The zero-order valence-corrected chi connectivity index (χ0v) is 16.3. The topological polar surface area (TPSA) is 40.5 Å². The maximum Gasteiger partial charge on any atom is 0.123 e. The number of phenolic OH excluding ortho intramolecular Hbond substituents is 1. The molecular weight excluding hydrogens is 320 g/mol. The van der Waals surface area contributed by atoms with E-state index in [1.807, 2.05) is 58.1 Å². The molecule has 0 aromatic heterocycles. The van der Waals surface area contributed by atoms with Crippen LogP contribution in [0.1, 0.15) is 71.9 Å². The van der Waals surface area contributed by atoms with Crippen molar-refractivity contribution in [1.29, 1.82) is 0 Å². The molecule has 0 radical (unpaired) electrons. The fourth-order valence-corrected chi connectivity index (χ4v) is 2.58. The van der Waals surface area contributed by atoms with Crippen molar-refractivity contribution in [2.24, 2.45) is 0 Å². The van der Waals surface area contributed by atoms with Gasteiger partial charge in [-0.15, -0.1) is 13.2 Å². The molecule has 2 heteroatoms. The van der Waals surface area contributed by atoms with Crippen LogP contribution in [0.4, 0.5) is 0 Å². The number of aromatic hydroxyl groups is 1. The van der Waals surface area contributed by atoms with Crippen molar-refractivity contribution in [1.82, 2.24) is 0 Å². The number of aryl methyl sites for hydroxylation is 1. The SMILES string of the molecule is C.C=CCCc1ccc(O)c(C2=C(O)CCC(CC=C)=C2)c1.CC.CC. The van der Waals surface area contributed by atoms with E-state index in [2.05, 4.69) is 13.2 Å². The monoisotopic (exact) mass is 358 g/mol. The maximum absolute atomic E-state index is 10.2. The Balaban J connectivity index is 0. The summed E-state index contributed by atoms with van der Waals surface area (Å²) in [6.07, 6.45) is 9.78. The molecule has 0 atom stereocenters. The third-order valence-corrected chi connectivity index (χ3v) is 3.74. The molecule has 2 N–H and O–H groups in total. The van der Waals surface area contributed by atoms with Crippen LogP contribution < -0.4 is 0 Å². The van der Waals surface area contributed by atoms with Crippen LogP contribution in [0.5, 0.6) is 5.75 Å². The highest BCUT2D eigenvalue weighted by Crippen LogP contribution is 2.35. The summed E-state index contributed by atoms with van der Waals surface area (Å²) in [6.45, 7) is 15.5.